The van der Waals surface area contributed by atoms with E-state index in [-0.39, 0.29) is 0 Å². The lowest BCUT2D eigenvalue weighted by atomic mass is 9.78. The van der Waals surface area contributed by atoms with Gasteiger partial charge in [0.2, 0.25) is 0 Å². The minimum absolute atomic E-state index is 0.320. The largest absolute Gasteiger partial charge is 0.481 e. The molecule has 0 aromatic carbocycles. The number of rotatable bonds is 5. The second-order valence-corrected chi connectivity index (χ2v) is 6.36. The quantitative estimate of drug-likeness (QED) is 0.776. The predicted molar refractivity (Wildman–Crippen MR) is 76.4 cm³/mol. The molecule has 1 heterocycles. The number of hydrogen-bond acceptors (Lipinski definition) is 3. The van der Waals surface area contributed by atoms with Crippen LogP contribution in [0.5, 0.6) is 0 Å². The molecule has 1 N–H and O–H groups in total. The molecule has 4 nitrogen and oxygen atoms in total. The number of nitrogens with zero attached hydrogens (tertiary/aromatic N) is 2. The average Bonchev–Trinajstić information content (AvgIpc) is 2.37. The van der Waals surface area contributed by atoms with Crippen LogP contribution >= 0.6 is 0 Å². The molecule has 19 heavy (non-hydrogen) atoms. The molecule has 1 saturated carbocycles. The summed E-state index contributed by atoms with van der Waals surface area (Å²) in [7, 11) is 2.23. The van der Waals surface area contributed by atoms with Crippen LogP contribution in [0, 0.1) is 0 Å². The minimum atomic E-state index is -0.661. The van der Waals surface area contributed by atoms with Crippen molar-refractivity contribution in [3.05, 3.63) is 0 Å². The number of hydrogen-bond donors (Lipinski definition) is 1. The van der Waals surface area contributed by atoms with Gasteiger partial charge < -0.3 is 10.0 Å². The fourth-order valence-electron chi connectivity index (χ4n) is 3.82. The number of piperazine rings is 1. The summed E-state index contributed by atoms with van der Waals surface area (Å²) < 4.78 is 0. The van der Waals surface area contributed by atoms with Crippen LogP contribution in [0.2, 0.25) is 0 Å². The first-order chi connectivity index (χ1) is 9.12. The predicted octanol–water partition coefficient (Wildman–Crippen LogP) is 2.19. The first-order valence-corrected chi connectivity index (χ1v) is 7.78. The number of carbonyl (C=O) groups is 1. The standard InChI is InChI=1S/C15H28N2O2/c1-16-11-12-17(10-6-3-7-14(18)19)15(13-16)8-4-2-5-9-15/h2-13H2,1H3,(H,18,19). The maximum Gasteiger partial charge on any atom is 0.303 e. The van der Waals surface area contributed by atoms with Gasteiger partial charge in [-0.15, -0.1) is 0 Å². The molecule has 1 saturated heterocycles. The van der Waals surface area contributed by atoms with Gasteiger partial charge in [0.05, 0.1) is 0 Å². The lowest BCUT2D eigenvalue weighted by Gasteiger charge is -2.52. The molecule has 0 unspecified atom stereocenters. The Labute approximate surface area is 116 Å². The third-order valence-electron chi connectivity index (χ3n) is 4.84. The molecule has 4 heteroatoms. The molecule has 1 aliphatic carbocycles. The van der Waals surface area contributed by atoms with Gasteiger partial charge in [-0.2, -0.15) is 0 Å². The average molecular weight is 268 g/mol. The summed E-state index contributed by atoms with van der Waals surface area (Å²) in [5.41, 5.74) is 0.397. The molecule has 2 fully saturated rings. The molecular formula is C15H28N2O2. The van der Waals surface area contributed by atoms with Crippen LogP contribution in [0.3, 0.4) is 0 Å². The molecule has 0 amide bonds. The Morgan fingerprint density at radius 1 is 1.16 bits per heavy atom. The van der Waals surface area contributed by atoms with Crippen LogP contribution in [0.15, 0.2) is 0 Å². The molecule has 0 aromatic heterocycles. The van der Waals surface area contributed by atoms with Crippen molar-refractivity contribution in [1.82, 2.24) is 9.80 Å². The monoisotopic (exact) mass is 268 g/mol. The van der Waals surface area contributed by atoms with E-state index >= 15 is 0 Å². The Morgan fingerprint density at radius 3 is 2.58 bits per heavy atom. The van der Waals surface area contributed by atoms with Crippen molar-refractivity contribution in [2.45, 2.75) is 56.9 Å². The molecule has 1 aliphatic heterocycles. The summed E-state index contributed by atoms with van der Waals surface area (Å²) >= 11 is 0. The summed E-state index contributed by atoms with van der Waals surface area (Å²) in [6.45, 7) is 4.59. The van der Waals surface area contributed by atoms with Crippen molar-refractivity contribution >= 4 is 5.97 Å². The van der Waals surface area contributed by atoms with E-state index in [1.807, 2.05) is 0 Å². The minimum Gasteiger partial charge on any atom is -0.481 e. The SMILES string of the molecule is CN1CCN(CCCCC(=O)O)C2(CCCCC2)C1. The van der Waals surface area contributed by atoms with Crippen LogP contribution in [0.1, 0.15) is 51.4 Å². The van der Waals surface area contributed by atoms with Gasteiger partial charge in [0.1, 0.15) is 0 Å². The molecule has 0 aromatic rings. The maximum atomic E-state index is 10.6. The topological polar surface area (TPSA) is 43.8 Å². The zero-order valence-corrected chi connectivity index (χ0v) is 12.2. The van der Waals surface area contributed by atoms with Crippen molar-refractivity contribution in [1.29, 1.82) is 0 Å². The molecule has 1 spiro atoms. The Balaban J connectivity index is 1.87. The van der Waals surface area contributed by atoms with Crippen molar-refractivity contribution in [2.24, 2.45) is 0 Å². The highest BCUT2D eigenvalue weighted by Crippen LogP contribution is 2.36. The maximum absolute atomic E-state index is 10.6. The Hall–Kier alpha value is -0.610. The molecule has 0 bridgehead atoms. The second kappa shape index (κ2) is 6.71. The third-order valence-corrected chi connectivity index (χ3v) is 4.84. The van der Waals surface area contributed by atoms with Crippen molar-refractivity contribution in [2.75, 3.05) is 33.2 Å². The Bertz CT molecular complexity index is 301. The molecule has 2 aliphatic rings. The van der Waals surface area contributed by atoms with Crippen LogP contribution < -0.4 is 0 Å². The highest BCUT2D eigenvalue weighted by atomic mass is 16.4. The molecule has 0 atom stereocenters. The van der Waals surface area contributed by atoms with Crippen molar-refractivity contribution < 1.29 is 9.90 Å². The van der Waals surface area contributed by atoms with E-state index in [9.17, 15) is 4.79 Å². The van der Waals surface area contributed by atoms with E-state index in [2.05, 4.69) is 16.8 Å². The Kier molecular flexibility index (Phi) is 5.22. The van der Waals surface area contributed by atoms with Gasteiger partial charge in [0.25, 0.3) is 0 Å². The second-order valence-electron chi connectivity index (χ2n) is 6.36. The zero-order chi connectivity index (χ0) is 13.7. The van der Waals surface area contributed by atoms with E-state index in [0.717, 1.165) is 32.5 Å². The summed E-state index contributed by atoms with van der Waals surface area (Å²) in [5, 5.41) is 8.71. The zero-order valence-electron chi connectivity index (χ0n) is 12.2. The van der Waals surface area contributed by atoms with Gasteiger partial charge >= 0.3 is 5.97 Å². The van der Waals surface area contributed by atoms with E-state index in [4.69, 9.17) is 5.11 Å². The fraction of sp³-hybridized carbons (Fsp3) is 0.933. The summed E-state index contributed by atoms with van der Waals surface area (Å²) in [5.74, 6) is -0.661. The highest BCUT2D eigenvalue weighted by molar-refractivity contribution is 5.66. The number of carboxylic acid groups (broad SMARTS) is 1. The van der Waals surface area contributed by atoms with Gasteiger partial charge in [0.15, 0.2) is 0 Å². The fourth-order valence-corrected chi connectivity index (χ4v) is 3.82. The Morgan fingerprint density at radius 2 is 1.89 bits per heavy atom. The van der Waals surface area contributed by atoms with Gasteiger partial charge in [0, 0.05) is 31.6 Å². The van der Waals surface area contributed by atoms with E-state index in [0.29, 0.717) is 12.0 Å². The van der Waals surface area contributed by atoms with Crippen LogP contribution in [0.4, 0.5) is 0 Å². The number of aliphatic carboxylic acids is 1. The van der Waals surface area contributed by atoms with Crippen LogP contribution in [-0.2, 0) is 4.79 Å². The lowest BCUT2D eigenvalue weighted by molar-refractivity contribution is -0.137. The summed E-state index contributed by atoms with van der Waals surface area (Å²) in [6.07, 6.45) is 8.93. The van der Waals surface area contributed by atoms with Crippen molar-refractivity contribution in [3.63, 3.8) is 0 Å². The number of unbranched alkanes of at least 4 members (excludes halogenated alkanes) is 1. The third kappa shape index (κ3) is 3.93. The number of carboxylic acids is 1. The summed E-state index contributed by atoms with van der Waals surface area (Å²) in [6, 6.07) is 0. The van der Waals surface area contributed by atoms with E-state index in [1.54, 1.807) is 0 Å². The lowest BCUT2D eigenvalue weighted by Crippen LogP contribution is -2.62. The van der Waals surface area contributed by atoms with Crippen LogP contribution in [-0.4, -0.2) is 59.6 Å². The van der Waals surface area contributed by atoms with E-state index in [1.165, 1.54) is 38.6 Å². The van der Waals surface area contributed by atoms with E-state index < -0.39 is 5.97 Å². The van der Waals surface area contributed by atoms with Gasteiger partial charge in [-0.05, 0) is 39.3 Å². The van der Waals surface area contributed by atoms with Gasteiger partial charge in [-0.3, -0.25) is 9.69 Å². The van der Waals surface area contributed by atoms with Crippen LogP contribution in [0.25, 0.3) is 0 Å². The summed E-state index contributed by atoms with van der Waals surface area (Å²) in [4.78, 5) is 15.7. The van der Waals surface area contributed by atoms with Gasteiger partial charge in [-0.1, -0.05) is 19.3 Å². The number of likely N-dealkylation sites (N-methyl/N-ethyl adjacent to an activating group) is 1. The molecular weight excluding hydrogens is 240 g/mol. The molecule has 110 valence electrons. The van der Waals surface area contributed by atoms with Gasteiger partial charge in [-0.25, -0.2) is 0 Å². The normalized spacial score (nSPS) is 24.7. The molecule has 2 rings (SSSR count). The van der Waals surface area contributed by atoms with Crippen molar-refractivity contribution in [3.8, 4) is 0 Å². The first-order valence-electron chi connectivity index (χ1n) is 7.78. The molecule has 0 radical (unpaired) electrons. The smallest absolute Gasteiger partial charge is 0.303 e. The highest BCUT2D eigenvalue weighted by Gasteiger charge is 2.40. The first kappa shape index (κ1) is 14.8.